The summed E-state index contributed by atoms with van der Waals surface area (Å²) in [5, 5.41) is 1.31. The molecule has 2 aliphatic heterocycles. The molecule has 3 heteroatoms. The first-order valence-corrected chi connectivity index (χ1v) is 10.3. The van der Waals surface area contributed by atoms with Gasteiger partial charge in [-0.3, -0.25) is 0 Å². The highest BCUT2D eigenvalue weighted by Crippen LogP contribution is 2.55. The van der Waals surface area contributed by atoms with Crippen molar-refractivity contribution in [3.8, 4) is 0 Å². The van der Waals surface area contributed by atoms with Gasteiger partial charge in [0.05, 0.1) is 6.61 Å². The number of aromatic nitrogens is 1. The number of aryl methyl sites for hydroxylation is 1. The Morgan fingerprint density at radius 2 is 1.82 bits per heavy atom. The van der Waals surface area contributed by atoms with Crippen molar-refractivity contribution < 1.29 is 4.74 Å². The first kappa shape index (κ1) is 17.6. The van der Waals surface area contributed by atoms with Crippen LogP contribution in [0.25, 0.3) is 17.0 Å². The van der Waals surface area contributed by atoms with E-state index in [0.717, 1.165) is 19.7 Å². The quantitative estimate of drug-likeness (QED) is 0.603. The molecule has 3 aromatic rings. The molecular weight excluding hydrogens is 344 g/mol. The van der Waals surface area contributed by atoms with E-state index in [1.807, 2.05) is 0 Å². The molecule has 2 aliphatic rings. The van der Waals surface area contributed by atoms with Gasteiger partial charge in [-0.25, -0.2) is 0 Å². The molecule has 0 saturated carbocycles. The van der Waals surface area contributed by atoms with Gasteiger partial charge in [-0.05, 0) is 37.6 Å². The fourth-order valence-corrected chi connectivity index (χ4v) is 5.40. The Hall–Kier alpha value is -2.52. The van der Waals surface area contributed by atoms with Gasteiger partial charge in [-0.2, -0.15) is 0 Å². The highest BCUT2D eigenvalue weighted by atomic mass is 16.5. The summed E-state index contributed by atoms with van der Waals surface area (Å²) in [6, 6.07) is 17.5. The summed E-state index contributed by atoms with van der Waals surface area (Å²) in [4.78, 5) is 2.45. The van der Waals surface area contributed by atoms with Crippen molar-refractivity contribution in [1.82, 2.24) is 4.57 Å². The van der Waals surface area contributed by atoms with Crippen molar-refractivity contribution in [2.24, 2.45) is 0 Å². The van der Waals surface area contributed by atoms with Crippen LogP contribution in [0.1, 0.15) is 37.6 Å². The lowest BCUT2D eigenvalue weighted by atomic mass is 9.77. The predicted octanol–water partition coefficient (Wildman–Crippen LogP) is 5.51. The van der Waals surface area contributed by atoms with Crippen LogP contribution in [-0.2, 0) is 16.7 Å². The number of nitrogens with zero attached hydrogens (tertiary/aromatic N) is 2. The lowest BCUT2D eigenvalue weighted by Gasteiger charge is -2.39. The SMILES string of the molecule is CCn1c(C)c(/C=C/C23OCCN2c2ccccc2C3(C)C)c2ccccc21. The lowest BCUT2D eigenvalue weighted by Crippen LogP contribution is -2.51. The smallest absolute Gasteiger partial charge is 0.170 e. The Morgan fingerprint density at radius 3 is 2.64 bits per heavy atom. The molecular formula is C25H28N2O. The molecule has 1 saturated heterocycles. The fourth-order valence-electron chi connectivity index (χ4n) is 5.40. The minimum Gasteiger partial charge on any atom is -0.349 e. The molecule has 0 N–H and O–H groups in total. The van der Waals surface area contributed by atoms with Gasteiger partial charge in [-0.15, -0.1) is 0 Å². The predicted molar refractivity (Wildman–Crippen MR) is 117 cm³/mol. The van der Waals surface area contributed by atoms with Crippen molar-refractivity contribution in [3.63, 3.8) is 0 Å². The van der Waals surface area contributed by atoms with Gasteiger partial charge >= 0.3 is 0 Å². The molecule has 1 atom stereocenters. The molecule has 2 aromatic carbocycles. The van der Waals surface area contributed by atoms with Crippen LogP contribution in [-0.4, -0.2) is 23.4 Å². The van der Waals surface area contributed by atoms with Crippen LogP contribution in [0.2, 0.25) is 0 Å². The summed E-state index contributed by atoms with van der Waals surface area (Å²) in [5.74, 6) is 0. The van der Waals surface area contributed by atoms with Crippen LogP contribution in [0.5, 0.6) is 0 Å². The Kier molecular flexibility index (Phi) is 3.76. The third-order valence-electron chi connectivity index (χ3n) is 6.87. The topological polar surface area (TPSA) is 17.4 Å². The first-order chi connectivity index (χ1) is 13.5. The summed E-state index contributed by atoms with van der Waals surface area (Å²) in [6.45, 7) is 11.7. The largest absolute Gasteiger partial charge is 0.349 e. The number of rotatable bonds is 3. The molecule has 0 spiro atoms. The standard InChI is InChI=1S/C25H28N2O/c1-5-26-18(2)19(20-10-6-8-12-22(20)26)14-15-25-24(3,4)21-11-7-9-13-23(21)27(25)16-17-28-25/h6-15H,5,16-17H2,1-4H3/b15-14+. The summed E-state index contributed by atoms with van der Waals surface area (Å²) in [6.07, 6.45) is 4.62. The summed E-state index contributed by atoms with van der Waals surface area (Å²) in [7, 11) is 0. The molecule has 0 amide bonds. The number of fused-ring (bicyclic) bond motifs is 4. The fraction of sp³-hybridized carbons (Fsp3) is 0.360. The van der Waals surface area contributed by atoms with E-state index in [1.54, 1.807) is 0 Å². The maximum atomic E-state index is 6.50. The van der Waals surface area contributed by atoms with Gasteiger partial charge in [-0.1, -0.05) is 56.3 Å². The number of benzene rings is 2. The minimum absolute atomic E-state index is 0.117. The molecule has 1 unspecified atom stereocenters. The number of ether oxygens (including phenoxy) is 1. The zero-order valence-corrected chi connectivity index (χ0v) is 17.2. The second-order valence-corrected chi connectivity index (χ2v) is 8.43. The Labute approximate surface area is 167 Å². The van der Waals surface area contributed by atoms with Crippen LogP contribution >= 0.6 is 0 Å². The number of anilines is 1. The number of hydrogen-bond donors (Lipinski definition) is 0. The van der Waals surface area contributed by atoms with E-state index in [9.17, 15) is 0 Å². The van der Waals surface area contributed by atoms with E-state index >= 15 is 0 Å². The summed E-state index contributed by atoms with van der Waals surface area (Å²) >= 11 is 0. The highest BCUT2D eigenvalue weighted by Gasteiger charge is 2.58. The second-order valence-electron chi connectivity index (χ2n) is 8.43. The van der Waals surface area contributed by atoms with Gasteiger partial charge in [0.25, 0.3) is 0 Å². The average Bonchev–Trinajstić information content (AvgIpc) is 3.30. The zero-order chi connectivity index (χ0) is 19.5. The zero-order valence-electron chi connectivity index (χ0n) is 17.2. The van der Waals surface area contributed by atoms with Crippen molar-refractivity contribution in [2.75, 3.05) is 18.1 Å². The molecule has 3 heterocycles. The Morgan fingerprint density at radius 1 is 1.07 bits per heavy atom. The second kappa shape index (κ2) is 5.99. The molecule has 3 nitrogen and oxygen atoms in total. The molecule has 1 fully saturated rings. The van der Waals surface area contributed by atoms with Crippen molar-refractivity contribution in [3.05, 3.63) is 71.4 Å². The third-order valence-corrected chi connectivity index (χ3v) is 6.87. The van der Waals surface area contributed by atoms with Crippen molar-refractivity contribution in [1.29, 1.82) is 0 Å². The Bertz CT molecular complexity index is 1090. The minimum atomic E-state index is -0.432. The van der Waals surface area contributed by atoms with Gasteiger partial charge in [0.1, 0.15) is 0 Å². The van der Waals surface area contributed by atoms with Crippen LogP contribution in [0, 0.1) is 6.92 Å². The third kappa shape index (κ3) is 2.08. The molecule has 0 bridgehead atoms. The number of hydrogen-bond acceptors (Lipinski definition) is 2. The van der Waals surface area contributed by atoms with Crippen LogP contribution in [0.3, 0.4) is 0 Å². The van der Waals surface area contributed by atoms with E-state index in [2.05, 4.69) is 97.8 Å². The molecule has 28 heavy (non-hydrogen) atoms. The van der Waals surface area contributed by atoms with E-state index in [-0.39, 0.29) is 5.41 Å². The van der Waals surface area contributed by atoms with Crippen molar-refractivity contribution in [2.45, 2.75) is 45.4 Å². The first-order valence-electron chi connectivity index (χ1n) is 10.3. The maximum Gasteiger partial charge on any atom is 0.170 e. The van der Waals surface area contributed by atoms with Crippen LogP contribution < -0.4 is 4.90 Å². The monoisotopic (exact) mass is 372 g/mol. The molecule has 0 radical (unpaired) electrons. The molecule has 0 aliphatic carbocycles. The van der Waals surface area contributed by atoms with Crippen LogP contribution in [0.4, 0.5) is 5.69 Å². The van der Waals surface area contributed by atoms with Crippen molar-refractivity contribution >= 4 is 22.7 Å². The van der Waals surface area contributed by atoms with E-state index in [4.69, 9.17) is 4.74 Å². The van der Waals surface area contributed by atoms with Gasteiger partial charge in [0.2, 0.25) is 0 Å². The average molecular weight is 373 g/mol. The van der Waals surface area contributed by atoms with E-state index in [1.165, 1.54) is 33.4 Å². The Balaban J connectivity index is 1.67. The lowest BCUT2D eigenvalue weighted by molar-refractivity contribution is 0.000339. The molecule has 144 valence electrons. The summed E-state index contributed by atoms with van der Waals surface area (Å²) in [5.41, 5.74) is 6.04. The van der Waals surface area contributed by atoms with Gasteiger partial charge < -0.3 is 14.2 Å². The van der Waals surface area contributed by atoms with Gasteiger partial charge in [0, 0.05) is 46.4 Å². The van der Waals surface area contributed by atoms with Gasteiger partial charge in [0.15, 0.2) is 5.72 Å². The molecule has 1 aromatic heterocycles. The maximum absolute atomic E-state index is 6.50. The molecule has 5 rings (SSSR count). The summed E-state index contributed by atoms with van der Waals surface area (Å²) < 4.78 is 8.90. The van der Waals surface area contributed by atoms with Crippen LogP contribution in [0.15, 0.2) is 54.6 Å². The van der Waals surface area contributed by atoms with E-state index < -0.39 is 5.72 Å². The van der Waals surface area contributed by atoms with E-state index in [0.29, 0.717) is 0 Å². The number of para-hydroxylation sites is 2. The normalized spacial score (nSPS) is 22.9. The highest BCUT2D eigenvalue weighted by molar-refractivity contribution is 5.91.